The van der Waals surface area contributed by atoms with Crippen molar-refractivity contribution < 1.29 is 9.47 Å². The van der Waals surface area contributed by atoms with Crippen molar-refractivity contribution in [2.45, 2.75) is 45.7 Å². The molecule has 0 fully saturated rings. The lowest BCUT2D eigenvalue weighted by Crippen LogP contribution is -2.33. The van der Waals surface area contributed by atoms with Crippen molar-refractivity contribution in [2.24, 2.45) is 4.99 Å². The minimum absolute atomic E-state index is 0. The van der Waals surface area contributed by atoms with Gasteiger partial charge in [-0.3, -0.25) is 9.56 Å². The average Bonchev–Trinajstić information content (AvgIpc) is 3.07. The maximum absolute atomic E-state index is 12.4. The Morgan fingerprint density at radius 2 is 2.13 bits per heavy atom. The predicted molar refractivity (Wildman–Crippen MR) is 129 cm³/mol. The van der Waals surface area contributed by atoms with E-state index in [0.29, 0.717) is 37.2 Å². The van der Waals surface area contributed by atoms with Gasteiger partial charge in [-0.15, -0.1) is 24.0 Å². The van der Waals surface area contributed by atoms with Gasteiger partial charge in [-0.2, -0.15) is 5.10 Å². The lowest BCUT2D eigenvalue weighted by molar-refractivity contribution is 0.311. The highest BCUT2D eigenvalue weighted by atomic mass is 127. The van der Waals surface area contributed by atoms with Gasteiger partial charge in [0.1, 0.15) is 5.82 Å². The molecule has 2 heterocycles. The summed E-state index contributed by atoms with van der Waals surface area (Å²) in [5, 5.41) is 11.0. The number of hydrogen-bond donors (Lipinski definition) is 2. The van der Waals surface area contributed by atoms with Gasteiger partial charge in [-0.05, 0) is 38.3 Å². The number of aryl methyl sites for hydroxylation is 2. The molecule has 0 aliphatic carbocycles. The monoisotopic (exact) mass is 530 g/mol. The molecule has 30 heavy (non-hydrogen) atoms. The van der Waals surface area contributed by atoms with E-state index in [-0.39, 0.29) is 29.7 Å². The van der Waals surface area contributed by atoms with Gasteiger partial charge in [0.15, 0.2) is 17.5 Å². The molecule has 0 atom stereocenters. The molecule has 1 aliphatic rings. The van der Waals surface area contributed by atoms with Crippen LogP contribution in [0.5, 0.6) is 11.5 Å². The number of methoxy groups -OCH3 is 1. The maximum atomic E-state index is 12.4. The van der Waals surface area contributed by atoms with E-state index in [9.17, 15) is 4.79 Å². The molecule has 0 unspecified atom stereocenters. The lowest BCUT2D eigenvalue weighted by Gasteiger charge is -2.14. The molecule has 0 saturated carbocycles. The van der Waals surface area contributed by atoms with E-state index in [0.717, 1.165) is 43.7 Å². The van der Waals surface area contributed by atoms with Crippen molar-refractivity contribution in [2.75, 3.05) is 32.6 Å². The van der Waals surface area contributed by atoms with Gasteiger partial charge in [0.2, 0.25) is 0 Å². The molecule has 0 saturated heterocycles. The van der Waals surface area contributed by atoms with Crippen molar-refractivity contribution in [3.8, 4) is 11.5 Å². The molecule has 2 N–H and O–H groups in total. The first kappa shape index (κ1) is 24.0. The molecule has 3 rings (SSSR count). The molecule has 0 amide bonds. The van der Waals surface area contributed by atoms with E-state index >= 15 is 0 Å². The van der Waals surface area contributed by atoms with Gasteiger partial charge < -0.3 is 20.1 Å². The van der Waals surface area contributed by atoms with Crippen LogP contribution in [0, 0.1) is 0 Å². The molecule has 1 aliphatic heterocycles. The summed E-state index contributed by atoms with van der Waals surface area (Å²) in [6.07, 6.45) is 3.82. The number of anilines is 1. The third-order valence-corrected chi connectivity index (χ3v) is 4.82. The second-order valence-electron chi connectivity index (χ2n) is 6.81. The maximum Gasteiger partial charge on any atom is 0.345 e. The van der Waals surface area contributed by atoms with E-state index in [4.69, 9.17) is 9.47 Å². The first-order valence-electron chi connectivity index (χ1n) is 10.1. The Kier molecular flexibility index (Phi) is 9.47. The van der Waals surface area contributed by atoms with Gasteiger partial charge in [-0.25, -0.2) is 9.48 Å². The number of hydrogen-bond acceptors (Lipinski definition) is 5. The summed E-state index contributed by atoms with van der Waals surface area (Å²) >= 11 is 0. The summed E-state index contributed by atoms with van der Waals surface area (Å²) in [7, 11) is 3.33. The number of nitrogens with zero attached hydrogens (tertiary/aromatic N) is 4. The zero-order chi connectivity index (χ0) is 20.6. The molecule has 1 aromatic heterocycles. The highest BCUT2D eigenvalue weighted by molar-refractivity contribution is 14.0. The SMILES string of the molecule is CCOc1ccc(NC(=NC)NCCCn2nc3n(c2=O)CCCC3)cc1OC.I. The van der Waals surface area contributed by atoms with E-state index < -0.39 is 0 Å². The second kappa shape index (κ2) is 11.8. The van der Waals surface area contributed by atoms with Crippen LogP contribution in [0.15, 0.2) is 28.0 Å². The predicted octanol–water partition coefficient (Wildman–Crippen LogP) is 2.48. The smallest absolute Gasteiger partial charge is 0.345 e. The zero-order valence-corrected chi connectivity index (χ0v) is 20.1. The molecule has 9 nitrogen and oxygen atoms in total. The Morgan fingerprint density at radius 3 is 2.83 bits per heavy atom. The second-order valence-corrected chi connectivity index (χ2v) is 6.81. The number of ether oxygens (including phenoxy) is 2. The molecule has 0 spiro atoms. The van der Waals surface area contributed by atoms with E-state index in [2.05, 4.69) is 20.7 Å². The number of halogens is 1. The Hall–Kier alpha value is -2.24. The zero-order valence-electron chi connectivity index (χ0n) is 17.8. The summed E-state index contributed by atoms with van der Waals surface area (Å²) in [5.74, 6) is 2.93. The lowest BCUT2D eigenvalue weighted by atomic mass is 10.2. The third kappa shape index (κ3) is 5.89. The minimum atomic E-state index is 0. The third-order valence-electron chi connectivity index (χ3n) is 4.82. The summed E-state index contributed by atoms with van der Waals surface area (Å²) < 4.78 is 14.3. The van der Waals surface area contributed by atoms with Crippen LogP contribution in [0.2, 0.25) is 0 Å². The number of benzene rings is 1. The Morgan fingerprint density at radius 1 is 1.30 bits per heavy atom. The van der Waals surface area contributed by atoms with E-state index in [1.807, 2.05) is 25.1 Å². The van der Waals surface area contributed by atoms with Crippen molar-refractivity contribution in [1.82, 2.24) is 19.7 Å². The van der Waals surface area contributed by atoms with Crippen molar-refractivity contribution in [3.63, 3.8) is 0 Å². The standard InChI is InChI=1S/C20H30N6O3.HI/c1-4-29-16-10-9-15(14-17(16)28-3)23-19(21-2)22-11-7-13-26-20(27)25-12-6-5-8-18(25)24-26;/h9-10,14H,4-8,11-13H2,1-3H3,(H2,21,22,23);1H. The van der Waals surface area contributed by atoms with E-state index in [1.54, 1.807) is 23.4 Å². The van der Waals surface area contributed by atoms with Gasteiger partial charge in [0, 0.05) is 44.9 Å². The Labute approximate surface area is 193 Å². The topological polar surface area (TPSA) is 94.7 Å². The fourth-order valence-electron chi connectivity index (χ4n) is 3.37. The summed E-state index contributed by atoms with van der Waals surface area (Å²) in [6.45, 7) is 4.55. The molecule has 10 heteroatoms. The highest BCUT2D eigenvalue weighted by Crippen LogP contribution is 2.30. The summed E-state index contributed by atoms with van der Waals surface area (Å²) in [6, 6.07) is 5.65. The summed E-state index contributed by atoms with van der Waals surface area (Å²) in [4.78, 5) is 16.6. The molecule has 0 bridgehead atoms. The van der Waals surface area contributed by atoms with Crippen LogP contribution in [0.4, 0.5) is 5.69 Å². The first-order valence-corrected chi connectivity index (χ1v) is 10.1. The first-order chi connectivity index (χ1) is 14.2. The summed E-state index contributed by atoms with van der Waals surface area (Å²) in [5.41, 5.74) is 0.847. The van der Waals surface area contributed by atoms with Crippen molar-refractivity contribution in [3.05, 3.63) is 34.5 Å². The largest absolute Gasteiger partial charge is 0.493 e. The van der Waals surface area contributed by atoms with Crippen LogP contribution in [0.25, 0.3) is 0 Å². The Bertz CT molecular complexity index is 908. The van der Waals surface area contributed by atoms with Crippen molar-refractivity contribution >= 4 is 35.6 Å². The van der Waals surface area contributed by atoms with Crippen LogP contribution in [0.1, 0.15) is 32.0 Å². The van der Waals surface area contributed by atoms with Gasteiger partial charge in [0.05, 0.1) is 13.7 Å². The van der Waals surface area contributed by atoms with Crippen molar-refractivity contribution in [1.29, 1.82) is 0 Å². The number of guanidine groups is 1. The molecule has 166 valence electrons. The average molecular weight is 530 g/mol. The van der Waals surface area contributed by atoms with E-state index in [1.165, 1.54) is 0 Å². The van der Waals surface area contributed by atoms with Gasteiger partial charge in [-0.1, -0.05) is 0 Å². The normalized spacial score (nSPS) is 13.2. The van der Waals surface area contributed by atoms with Crippen LogP contribution in [-0.4, -0.2) is 47.6 Å². The molecular weight excluding hydrogens is 499 g/mol. The number of nitrogens with one attached hydrogen (secondary N) is 2. The van der Waals surface area contributed by atoms with Gasteiger partial charge in [0.25, 0.3) is 0 Å². The van der Waals surface area contributed by atoms with Crippen LogP contribution < -0.4 is 25.8 Å². The fourth-order valence-corrected chi connectivity index (χ4v) is 3.37. The number of aromatic nitrogens is 3. The quantitative estimate of drug-likeness (QED) is 0.236. The fraction of sp³-hybridized carbons (Fsp3) is 0.550. The van der Waals surface area contributed by atoms with Crippen LogP contribution in [-0.2, 0) is 19.5 Å². The number of rotatable bonds is 8. The molecule has 2 aromatic rings. The molecule has 1 aromatic carbocycles. The highest BCUT2D eigenvalue weighted by Gasteiger charge is 2.16. The molecular formula is C20H31IN6O3. The molecule has 0 radical (unpaired) electrons. The minimum Gasteiger partial charge on any atom is -0.493 e. The number of aliphatic imine (C=N–C) groups is 1. The Balaban J connectivity index is 0.00000320. The number of fused-ring (bicyclic) bond motifs is 1. The van der Waals surface area contributed by atoms with Crippen LogP contribution in [0.3, 0.4) is 0 Å². The van der Waals surface area contributed by atoms with Crippen LogP contribution >= 0.6 is 24.0 Å². The van der Waals surface area contributed by atoms with Gasteiger partial charge >= 0.3 is 5.69 Å².